The summed E-state index contributed by atoms with van der Waals surface area (Å²) in [7, 11) is 0. The molecule has 0 aliphatic carbocycles. The number of hydrogen-bond acceptors (Lipinski definition) is 1. The smallest absolute Gasteiger partial charge is 0.177 e. The van der Waals surface area contributed by atoms with E-state index in [1.807, 2.05) is 0 Å². The van der Waals surface area contributed by atoms with Crippen LogP contribution in [0.5, 0.6) is 0 Å². The predicted molar refractivity (Wildman–Crippen MR) is 41.2 cm³/mol. The molecule has 0 aliphatic rings. The molecule has 0 bridgehead atoms. The van der Waals surface area contributed by atoms with E-state index in [0.717, 1.165) is 0 Å². The molecule has 0 saturated heterocycles. The van der Waals surface area contributed by atoms with Crippen molar-refractivity contribution in [1.82, 2.24) is 0 Å². The first-order valence-corrected chi connectivity index (χ1v) is 3.91. The molecule has 0 spiro atoms. The van der Waals surface area contributed by atoms with Crippen molar-refractivity contribution in [1.29, 1.82) is 0 Å². The van der Waals surface area contributed by atoms with Gasteiger partial charge in [0.05, 0.1) is 9.37 Å². The molecule has 0 amide bonds. The van der Waals surface area contributed by atoms with Gasteiger partial charge in [0.25, 0.3) is 0 Å². The Morgan fingerprint density at radius 3 is 1.50 bits per heavy atom. The molecule has 0 fully saturated rings. The molecule has 0 saturated carbocycles. The van der Waals surface area contributed by atoms with Crippen LogP contribution in [0.15, 0.2) is 9.37 Å². The molecule has 0 heterocycles. The molecule has 0 atom stereocenters. The summed E-state index contributed by atoms with van der Waals surface area (Å²) in [6.07, 6.45) is 0. The van der Waals surface area contributed by atoms with Gasteiger partial charge in [0, 0.05) is 0 Å². The predicted octanol–water partition coefficient (Wildman–Crippen LogP) is 3.29. The van der Waals surface area contributed by atoms with E-state index in [1.165, 1.54) is 0 Å². The van der Waals surface area contributed by atoms with Gasteiger partial charge in [0.15, 0.2) is 23.3 Å². The zero-order valence-electron chi connectivity index (χ0n) is 5.34. The number of halogens is 5. The molecule has 1 aromatic rings. The Labute approximate surface area is 79.1 Å². The summed E-state index contributed by atoms with van der Waals surface area (Å²) in [5.41, 5.74) is 0. The monoisotopic (exact) mass is 260 g/mol. The van der Waals surface area contributed by atoms with Crippen molar-refractivity contribution in [2.75, 3.05) is 0 Å². The van der Waals surface area contributed by atoms with Crippen molar-refractivity contribution in [2.45, 2.75) is 4.90 Å². The highest BCUT2D eigenvalue weighted by Gasteiger charge is 2.21. The fraction of sp³-hybridized carbons (Fsp3) is 0. The summed E-state index contributed by atoms with van der Waals surface area (Å²) in [6, 6.07) is 0. The quantitative estimate of drug-likeness (QED) is 0.315. The standard InChI is InChI=1S/C6HBrF4S/c7-1-2(8)4(10)6(12)5(11)3(1)9/h12H. The highest BCUT2D eigenvalue weighted by Crippen LogP contribution is 2.29. The van der Waals surface area contributed by atoms with Gasteiger partial charge in [-0.2, -0.15) is 0 Å². The van der Waals surface area contributed by atoms with Crippen LogP contribution in [0.2, 0.25) is 0 Å². The lowest BCUT2D eigenvalue weighted by Gasteiger charge is -2.02. The molecule has 6 heteroatoms. The Bertz CT molecular complexity index is 234. The third-order valence-electron chi connectivity index (χ3n) is 1.19. The second-order valence-corrected chi connectivity index (χ2v) is 3.16. The summed E-state index contributed by atoms with van der Waals surface area (Å²) >= 11 is 5.60. The Morgan fingerprint density at radius 1 is 0.833 bits per heavy atom. The minimum Gasteiger partial charge on any atom is -0.202 e. The lowest BCUT2D eigenvalue weighted by atomic mass is 10.3. The Hall–Kier alpha value is -0.230. The van der Waals surface area contributed by atoms with Crippen molar-refractivity contribution < 1.29 is 17.6 Å². The van der Waals surface area contributed by atoms with E-state index in [-0.39, 0.29) is 0 Å². The summed E-state index contributed by atoms with van der Waals surface area (Å²) in [5, 5.41) is 0. The number of rotatable bonds is 0. The molecule has 0 aromatic heterocycles. The maximum absolute atomic E-state index is 12.6. The Balaban J connectivity index is 3.60. The molecular weight excluding hydrogens is 260 g/mol. The van der Waals surface area contributed by atoms with E-state index in [4.69, 9.17) is 0 Å². The maximum atomic E-state index is 12.6. The summed E-state index contributed by atoms with van der Waals surface area (Å²) in [6.45, 7) is 0. The molecule has 66 valence electrons. The molecule has 0 unspecified atom stereocenters. The molecule has 1 aromatic carbocycles. The van der Waals surface area contributed by atoms with Crippen LogP contribution in [0.4, 0.5) is 17.6 Å². The normalized spacial score (nSPS) is 10.5. The molecule has 0 nitrogen and oxygen atoms in total. The maximum Gasteiger partial charge on any atom is 0.177 e. The first-order chi connectivity index (χ1) is 5.46. The zero-order chi connectivity index (χ0) is 9.46. The van der Waals surface area contributed by atoms with Crippen molar-refractivity contribution in [3.05, 3.63) is 27.7 Å². The minimum absolute atomic E-state index is 0.865. The lowest BCUT2D eigenvalue weighted by Crippen LogP contribution is -1.97. The molecule has 12 heavy (non-hydrogen) atoms. The average molecular weight is 261 g/mol. The fourth-order valence-corrected chi connectivity index (χ4v) is 1.14. The highest BCUT2D eigenvalue weighted by molar-refractivity contribution is 9.10. The van der Waals surface area contributed by atoms with Crippen LogP contribution in [0.25, 0.3) is 0 Å². The molecule has 0 radical (unpaired) electrons. The van der Waals surface area contributed by atoms with Gasteiger partial charge in [-0.3, -0.25) is 0 Å². The second-order valence-electron chi connectivity index (χ2n) is 1.92. The summed E-state index contributed by atoms with van der Waals surface area (Å²) in [5.74, 6) is -5.99. The van der Waals surface area contributed by atoms with Crippen LogP contribution in [0, 0.1) is 23.3 Å². The minimum atomic E-state index is -1.51. The van der Waals surface area contributed by atoms with Gasteiger partial charge in [-0.05, 0) is 15.9 Å². The lowest BCUT2D eigenvalue weighted by molar-refractivity contribution is 0.420. The van der Waals surface area contributed by atoms with Crippen molar-refractivity contribution in [2.24, 2.45) is 0 Å². The SMILES string of the molecule is Fc1c(F)c(Br)c(F)c(F)c1S. The number of benzene rings is 1. The first kappa shape index (κ1) is 9.85. The fourth-order valence-electron chi connectivity index (χ4n) is 0.593. The summed E-state index contributed by atoms with van der Waals surface area (Å²) in [4.78, 5) is -0.965. The van der Waals surface area contributed by atoms with Crippen molar-refractivity contribution >= 4 is 28.6 Å². The molecule has 0 aliphatic heterocycles. The van der Waals surface area contributed by atoms with E-state index in [9.17, 15) is 17.6 Å². The largest absolute Gasteiger partial charge is 0.202 e. The van der Waals surface area contributed by atoms with Crippen molar-refractivity contribution in [3.63, 3.8) is 0 Å². The highest BCUT2D eigenvalue weighted by atomic mass is 79.9. The van der Waals surface area contributed by atoms with E-state index in [0.29, 0.717) is 0 Å². The van der Waals surface area contributed by atoms with Gasteiger partial charge in [-0.25, -0.2) is 17.6 Å². The van der Waals surface area contributed by atoms with Crippen LogP contribution in [-0.4, -0.2) is 0 Å². The van der Waals surface area contributed by atoms with Gasteiger partial charge >= 0.3 is 0 Å². The zero-order valence-corrected chi connectivity index (χ0v) is 7.82. The topological polar surface area (TPSA) is 0 Å². The van der Waals surface area contributed by atoms with E-state index < -0.39 is 32.6 Å². The number of thiol groups is 1. The molecular formula is C6HBrF4S. The van der Waals surface area contributed by atoms with Gasteiger partial charge in [0.2, 0.25) is 0 Å². The van der Waals surface area contributed by atoms with Gasteiger partial charge in [0.1, 0.15) is 0 Å². The molecule has 1 rings (SSSR count). The first-order valence-electron chi connectivity index (χ1n) is 2.67. The van der Waals surface area contributed by atoms with Gasteiger partial charge < -0.3 is 0 Å². The van der Waals surface area contributed by atoms with Crippen LogP contribution in [0.1, 0.15) is 0 Å². The third kappa shape index (κ3) is 1.33. The van der Waals surface area contributed by atoms with Gasteiger partial charge in [-0.15, -0.1) is 12.6 Å². The third-order valence-corrected chi connectivity index (χ3v) is 2.28. The van der Waals surface area contributed by atoms with E-state index in [2.05, 4.69) is 28.6 Å². The van der Waals surface area contributed by atoms with Crippen LogP contribution < -0.4 is 0 Å². The molecule has 0 N–H and O–H groups in total. The van der Waals surface area contributed by atoms with Crippen LogP contribution in [0.3, 0.4) is 0 Å². The number of hydrogen-bond donors (Lipinski definition) is 1. The van der Waals surface area contributed by atoms with Crippen LogP contribution in [-0.2, 0) is 0 Å². The van der Waals surface area contributed by atoms with E-state index in [1.54, 1.807) is 0 Å². The second kappa shape index (κ2) is 3.26. The summed E-state index contributed by atoms with van der Waals surface area (Å²) < 4.78 is 49.3. The van der Waals surface area contributed by atoms with E-state index >= 15 is 0 Å². The Kier molecular flexibility index (Phi) is 2.67. The van der Waals surface area contributed by atoms with Gasteiger partial charge in [-0.1, -0.05) is 0 Å². The Morgan fingerprint density at radius 2 is 1.17 bits per heavy atom. The average Bonchev–Trinajstić information content (AvgIpc) is 2.08. The van der Waals surface area contributed by atoms with Crippen molar-refractivity contribution in [3.8, 4) is 0 Å². The van der Waals surface area contributed by atoms with Crippen LogP contribution >= 0.6 is 28.6 Å².